The number of nitrogens with one attached hydrogen (secondary N) is 1. The van der Waals surface area contributed by atoms with E-state index in [1.165, 1.54) is 16.5 Å². The molecular weight excluding hydrogens is 281 g/mol. The molecule has 1 aromatic heterocycles. The monoisotopic (exact) mass is 297 g/mol. The van der Waals surface area contributed by atoms with Gasteiger partial charge in [-0.1, -0.05) is 18.5 Å². The zero-order valence-electron chi connectivity index (χ0n) is 11.3. The molecular formula is C15H17ClFNS. The summed E-state index contributed by atoms with van der Waals surface area (Å²) in [6.45, 7) is 6.92. The first-order valence-corrected chi connectivity index (χ1v) is 7.47. The van der Waals surface area contributed by atoms with Crippen LogP contribution in [0.1, 0.15) is 33.8 Å². The molecule has 1 unspecified atom stereocenters. The summed E-state index contributed by atoms with van der Waals surface area (Å²) in [6.07, 6.45) is 0. The average molecular weight is 298 g/mol. The van der Waals surface area contributed by atoms with Crippen molar-refractivity contribution in [2.45, 2.75) is 26.8 Å². The van der Waals surface area contributed by atoms with Crippen molar-refractivity contribution in [2.75, 3.05) is 6.54 Å². The Labute approximate surface area is 122 Å². The van der Waals surface area contributed by atoms with Crippen LogP contribution >= 0.6 is 22.9 Å². The maximum Gasteiger partial charge on any atom is 0.128 e. The Kier molecular flexibility index (Phi) is 4.61. The molecule has 1 aromatic carbocycles. The quantitative estimate of drug-likeness (QED) is 0.850. The molecule has 0 aliphatic rings. The third-order valence-corrected chi connectivity index (χ3v) is 4.47. The Hall–Kier alpha value is -0.900. The van der Waals surface area contributed by atoms with Gasteiger partial charge in [-0.05, 0) is 50.2 Å². The molecule has 0 fully saturated rings. The van der Waals surface area contributed by atoms with Gasteiger partial charge < -0.3 is 5.32 Å². The van der Waals surface area contributed by atoms with Crippen molar-refractivity contribution >= 4 is 22.9 Å². The summed E-state index contributed by atoms with van der Waals surface area (Å²) in [7, 11) is 0. The molecule has 1 N–H and O–H groups in total. The smallest absolute Gasteiger partial charge is 0.128 e. The Morgan fingerprint density at radius 2 is 2.05 bits per heavy atom. The van der Waals surface area contributed by atoms with Crippen molar-refractivity contribution < 1.29 is 4.39 Å². The van der Waals surface area contributed by atoms with Gasteiger partial charge in [-0.3, -0.25) is 0 Å². The molecule has 2 rings (SSSR count). The van der Waals surface area contributed by atoms with Crippen molar-refractivity contribution in [3.8, 4) is 0 Å². The fourth-order valence-electron chi connectivity index (χ4n) is 2.23. The van der Waals surface area contributed by atoms with E-state index in [1.54, 1.807) is 23.5 Å². The molecule has 0 saturated carbocycles. The van der Waals surface area contributed by atoms with Crippen LogP contribution in [0.3, 0.4) is 0 Å². The lowest BCUT2D eigenvalue weighted by atomic mass is 10.0. The summed E-state index contributed by atoms with van der Waals surface area (Å²) in [6, 6.07) is 6.71. The number of halogens is 2. The summed E-state index contributed by atoms with van der Waals surface area (Å²) in [5.74, 6) is -0.221. The fraction of sp³-hybridized carbons (Fsp3) is 0.333. The van der Waals surface area contributed by atoms with Crippen molar-refractivity contribution in [2.24, 2.45) is 0 Å². The molecule has 102 valence electrons. The van der Waals surface area contributed by atoms with Gasteiger partial charge in [0.15, 0.2) is 0 Å². The van der Waals surface area contributed by atoms with Gasteiger partial charge in [0.2, 0.25) is 0 Å². The van der Waals surface area contributed by atoms with Crippen LogP contribution in [0.4, 0.5) is 4.39 Å². The molecule has 2 aromatic rings. The Bertz CT molecular complexity index is 580. The van der Waals surface area contributed by atoms with Crippen LogP contribution in [0.15, 0.2) is 24.3 Å². The predicted molar refractivity (Wildman–Crippen MR) is 80.7 cm³/mol. The molecule has 1 atom stereocenters. The van der Waals surface area contributed by atoms with E-state index in [0.29, 0.717) is 10.6 Å². The Balaban J connectivity index is 2.51. The van der Waals surface area contributed by atoms with Gasteiger partial charge in [0.1, 0.15) is 5.82 Å². The average Bonchev–Trinajstić information content (AvgIpc) is 2.69. The van der Waals surface area contributed by atoms with E-state index in [0.717, 1.165) is 11.4 Å². The van der Waals surface area contributed by atoms with Crippen LogP contribution in [-0.2, 0) is 0 Å². The van der Waals surface area contributed by atoms with E-state index in [4.69, 9.17) is 11.6 Å². The predicted octanol–water partition coefficient (Wildman–Crippen LogP) is 4.86. The van der Waals surface area contributed by atoms with Crippen LogP contribution < -0.4 is 5.32 Å². The summed E-state index contributed by atoms with van der Waals surface area (Å²) in [5.41, 5.74) is 1.80. The summed E-state index contributed by atoms with van der Waals surface area (Å²) in [5, 5.41) is 3.91. The minimum atomic E-state index is -0.221. The number of thiophene rings is 1. The number of aryl methyl sites for hydroxylation is 2. The molecule has 0 aliphatic carbocycles. The largest absolute Gasteiger partial charge is 0.306 e. The first-order valence-electron chi connectivity index (χ1n) is 6.28. The zero-order chi connectivity index (χ0) is 14.0. The molecule has 19 heavy (non-hydrogen) atoms. The van der Waals surface area contributed by atoms with Gasteiger partial charge in [0, 0.05) is 20.3 Å². The molecule has 4 heteroatoms. The van der Waals surface area contributed by atoms with Gasteiger partial charge >= 0.3 is 0 Å². The molecule has 0 spiro atoms. The Morgan fingerprint density at radius 3 is 2.63 bits per heavy atom. The van der Waals surface area contributed by atoms with Crippen LogP contribution in [0.5, 0.6) is 0 Å². The van der Waals surface area contributed by atoms with Gasteiger partial charge in [-0.15, -0.1) is 11.3 Å². The van der Waals surface area contributed by atoms with Gasteiger partial charge in [-0.2, -0.15) is 0 Å². The highest BCUT2D eigenvalue weighted by Gasteiger charge is 2.21. The zero-order valence-corrected chi connectivity index (χ0v) is 12.8. The second-order valence-corrected chi connectivity index (χ2v) is 6.29. The van der Waals surface area contributed by atoms with E-state index < -0.39 is 0 Å². The van der Waals surface area contributed by atoms with Crippen LogP contribution in [0.2, 0.25) is 5.02 Å². The third kappa shape index (κ3) is 3.16. The lowest BCUT2D eigenvalue weighted by molar-refractivity contribution is 0.562. The minimum Gasteiger partial charge on any atom is -0.306 e. The lowest BCUT2D eigenvalue weighted by Gasteiger charge is -2.19. The maximum atomic E-state index is 14.1. The van der Waals surface area contributed by atoms with E-state index >= 15 is 0 Å². The van der Waals surface area contributed by atoms with Crippen LogP contribution in [0.25, 0.3) is 0 Å². The standard InChI is InChI=1S/C15H17ClFNS/c1-4-18-14(15-9(2)7-10(3)19-15)12-8-11(16)5-6-13(12)17/h5-8,14,18H,4H2,1-3H3. The summed E-state index contributed by atoms with van der Waals surface area (Å²) < 4.78 is 14.1. The van der Waals surface area contributed by atoms with Gasteiger partial charge in [-0.25, -0.2) is 4.39 Å². The minimum absolute atomic E-state index is 0.137. The van der Waals surface area contributed by atoms with Crippen molar-refractivity contribution in [3.05, 3.63) is 56.0 Å². The normalized spacial score (nSPS) is 12.7. The second kappa shape index (κ2) is 6.04. The molecule has 0 radical (unpaired) electrons. The number of hydrogen-bond donors (Lipinski definition) is 1. The van der Waals surface area contributed by atoms with E-state index in [1.807, 2.05) is 6.92 Å². The lowest BCUT2D eigenvalue weighted by Crippen LogP contribution is -2.22. The number of rotatable bonds is 4. The molecule has 0 bridgehead atoms. The number of benzene rings is 1. The summed E-state index contributed by atoms with van der Waals surface area (Å²) >= 11 is 7.70. The molecule has 0 saturated heterocycles. The Morgan fingerprint density at radius 1 is 1.32 bits per heavy atom. The maximum absolute atomic E-state index is 14.1. The van der Waals surface area contributed by atoms with Crippen molar-refractivity contribution in [3.63, 3.8) is 0 Å². The van der Waals surface area contributed by atoms with Gasteiger partial charge in [0.05, 0.1) is 6.04 Å². The molecule has 1 nitrogen and oxygen atoms in total. The molecule has 0 amide bonds. The van der Waals surface area contributed by atoms with E-state index in [-0.39, 0.29) is 11.9 Å². The third-order valence-electron chi connectivity index (χ3n) is 3.02. The first-order chi connectivity index (χ1) is 9.02. The highest BCUT2D eigenvalue weighted by molar-refractivity contribution is 7.12. The van der Waals surface area contributed by atoms with E-state index in [9.17, 15) is 4.39 Å². The molecule has 0 aliphatic heterocycles. The van der Waals surface area contributed by atoms with Crippen molar-refractivity contribution in [1.82, 2.24) is 5.32 Å². The number of hydrogen-bond acceptors (Lipinski definition) is 2. The molecule has 1 heterocycles. The van der Waals surface area contributed by atoms with Gasteiger partial charge in [0.25, 0.3) is 0 Å². The van der Waals surface area contributed by atoms with Crippen molar-refractivity contribution in [1.29, 1.82) is 0 Å². The van der Waals surface area contributed by atoms with Crippen LogP contribution in [-0.4, -0.2) is 6.54 Å². The van der Waals surface area contributed by atoms with Crippen LogP contribution in [0, 0.1) is 19.7 Å². The van der Waals surface area contributed by atoms with E-state index in [2.05, 4.69) is 25.2 Å². The second-order valence-electron chi connectivity index (χ2n) is 4.56. The topological polar surface area (TPSA) is 12.0 Å². The highest BCUT2D eigenvalue weighted by Crippen LogP contribution is 2.34. The summed E-state index contributed by atoms with van der Waals surface area (Å²) in [4.78, 5) is 2.39. The first kappa shape index (κ1) is 14.5. The fourth-order valence-corrected chi connectivity index (χ4v) is 3.54. The highest BCUT2D eigenvalue weighted by atomic mass is 35.5. The SMILES string of the molecule is CCNC(c1cc(Cl)ccc1F)c1sc(C)cc1C.